The Morgan fingerprint density at radius 2 is 1.94 bits per heavy atom. The van der Waals surface area contributed by atoms with Gasteiger partial charge < -0.3 is 19.2 Å². The fourth-order valence-corrected chi connectivity index (χ4v) is 5.49. The van der Waals surface area contributed by atoms with Crippen molar-refractivity contribution in [1.82, 2.24) is 24.8 Å². The number of carbonyl (C=O) groups excluding carboxylic acids is 2. The van der Waals surface area contributed by atoms with Crippen LogP contribution in [-0.2, 0) is 6.54 Å². The van der Waals surface area contributed by atoms with Crippen LogP contribution in [0.1, 0.15) is 51.6 Å². The van der Waals surface area contributed by atoms with Gasteiger partial charge in [-0.25, -0.2) is 4.98 Å². The SMILES string of the molecule is Cc1nccn1Cc1ccc(C(=O)N2CCC3(CC2)CC3CNC(=O)c2cc3ccncc3o2)cc1. The minimum absolute atomic E-state index is 0.0973. The number of amides is 2. The van der Waals surface area contributed by atoms with Crippen molar-refractivity contribution in [3.8, 4) is 0 Å². The number of hydrogen-bond acceptors (Lipinski definition) is 5. The summed E-state index contributed by atoms with van der Waals surface area (Å²) in [5.74, 6) is 1.66. The summed E-state index contributed by atoms with van der Waals surface area (Å²) in [6.07, 6.45) is 10.1. The van der Waals surface area contributed by atoms with E-state index in [0.29, 0.717) is 23.8 Å². The first kappa shape index (κ1) is 22.5. The number of benzene rings is 1. The molecule has 2 fully saturated rings. The molecule has 1 N–H and O–H groups in total. The Labute approximate surface area is 209 Å². The molecule has 1 unspecified atom stereocenters. The molecule has 0 radical (unpaired) electrons. The van der Waals surface area contributed by atoms with Crippen LogP contribution in [0.25, 0.3) is 11.0 Å². The van der Waals surface area contributed by atoms with Crippen LogP contribution in [0, 0.1) is 18.3 Å². The molecule has 2 aliphatic rings. The molecular formula is C28H29N5O3. The predicted molar refractivity (Wildman–Crippen MR) is 135 cm³/mol. The van der Waals surface area contributed by atoms with E-state index < -0.39 is 0 Å². The first-order chi connectivity index (χ1) is 17.5. The molecule has 1 aromatic carbocycles. The molecule has 1 aliphatic carbocycles. The van der Waals surface area contributed by atoms with E-state index in [2.05, 4.69) is 19.9 Å². The highest BCUT2D eigenvalue weighted by atomic mass is 16.3. The average Bonchev–Trinajstić information content (AvgIpc) is 3.19. The lowest BCUT2D eigenvalue weighted by Gasteiger charge is -2.33. The molecule has 1 saturated heterocycles. The number of likely N-dealkylation sites (tertiary alicyclic amines) is 1. The summed E-state index contributed by atoms with van der Waals surface area (Å²) in [5, 5.41) is 3.91. The minimum atomic E-state index is -0.187. The van der Waals surface area contributed by atoms with Gasteiger partial charge in [0, 0.05) is 55.7 Å². The zero-order valence-electron chi connectivity index (χ0n) is 20.3. The molecule has 1 saturated carbocycles. The molecule has 8 nitrogen and oxygen atoms in total. The number of nitrogens with zero attached hydrogens (tertiary/aromatic N) is 4. The molecule has 36 heavy (non-hydrogen) atoms. The van der Waals surface area contributed by atoms with Gasteiger partial charge in [-0.1, -0.05) is 12.1 Å². The van der Waals surface area contributed by atoms with Crippen LogP contribution in [0.5, 0.6) is 0 Å². The second kappa shape index (κ2) is 8.93. The highest BCUT2D eigenvalue weighted by Gasteiger charge is 2.54. The molecule has 1 aliphatic heterocycles. The number of pyridine rings is 1. The van der Waals surface area contributed by atoms with Crippen molar-refractivity contribution in [1.29, 1.82) is 0 Å². The molecule has 184 valence electrons. The molecule has 1 atom stereocenters. The first-order valence-electron chi connectivity index (χ1n) is 12.5. The van der Waals surface area contributed by atoms with Gasteiger partial charge in [0.25, 0.3) is 11.8 Å². The number of furan rings is 1. The molecule has 4 heterocycles. The number of rotatable bonds is 6. The van der Waals surface area contributed by atoms with E-state index in [1.54, 1.807) is 24.7 Å². The molecule has 0 bridgehead atoms. The van der Waals surface area contributed by atoms with E-state index in [1.807, 2.05) is 48.4 Å². The smallest absolute Gasteiger partial charge is 0.287 e. The number of piperidine rings is 1. The van der Waals surface area contributed by atoms with Crippen LogP contribution >= 0.6 is 0 Å². The standard InChI is InChI=1S/C28H29N5O3/c1-19-30-10-13-33(19)18-20-2-4-21(5-3-20)27(35)32-11-7-28(8-12-32)15-23(28)16-31-26(34)24-14-22-6-9-29-17-25(22)36-24/h2-6,9-10,13-14,17,23H,7-8,11-12,15-16,18H2,1H3,(H,31,34). The molecular weight excluding hydrogens is 454 g/mol. The summed E-state index contributed by atoms with van der Waals surface area (Å²) in [7, 11) is 0. The topological polar surface area (TPSA) is 93.3 Å². The number of aryl methyl sites for hydroxylation is 1. The van der Waals surface area contributed by atoms with E-state index in [9.17, 15) is 9.59 Å². The van der Waals surface area contributed by atoms with Gasteiger partial charge in [0.15, 0.2) is 11.3 Å². The van der Waals surface area contributed by atoms with Crippen molar-refractivity contribution >= 4 is 22.8 Å². The van der Waals surface area contributed by atoms with E-state index >= 15 is 0 Å². The van der Waals surface area contributed by atoms with Gasteiger partial charge in [-0.3, -0.25) is 14.6 Å². The van der Waals surface area contributed by atoms with Crippen LogP contribution in [-0.4, -0.2) is 50.9 Å². The van der Waals surface area contributed by atoms with Gasteiger partial charge in [0.05, 0.1) is 6.20 Å². The minimum Gasteiger partial charge on any atom is -0.449 e. The number of fused-ring (bicyclic) bond motifs is 1. The fraction of sp³-hybridized carbons (Fsp3) is 0.357. The highest BCUT2D eigenvalue weighted by Crippen LogP contribution is 2.59. The van der Waals surface area contributed by atoms with Crippen LogP contribution in [0.2, 0.25) is 0 Å². The summed E-state index contributed by atoms with van der Waals surface area (Å²) in [6, 6.07) is 11.5. The van der Waals surface area contributed by atoms with Gasteiger partial charge in [-0.05, 0) is 67.3 Å². The average molecular weight is 484 g/mol. The predicted octanol–water partition coefficient (Wildman–Crippen LogP) is 4.05. The maximum Gasteiger partial charge on any atom is 0.287 e. The third-order valence-electron chi connectivity index (χ3n) is 7.94. The van der Waals surface area contributed by atoms with E-state index in [0.717, 1.165) is 61.2 Å². The maximum atomic E-state index is 13.1. The molecule has 4 aromatic rings. The zero-order valence-corrected chi connectivity index (χ0v) is 20.3. The first-order valence-corrected chi connectivity index (χ1v) is 12.5. The second-order valence-corrected chi connectivity index (χ2v) is 10.1. The number of aromatic nitrogens is 3. The molecule has 1 spiro atoms. The van der Waals surface area contributed by atoms with Gasteiger partial charge in [-0.2, -0.15) is 0 Å². The lowest BCUT2D eigenvalue weighted by Crippen LogP contribution is -2.40. The van der Waals surface area contributed by atoms with Crippen molar-refractivity contribution in [2.45, 2.75) is 32.7 Å². The second-order valence-electron chi connectivity index (χ2n) is 10.1. The summed E-state index contributed by atoms with van der Waals surface area (Å²) < 4.78 is 7.70. The van der Waals surface area contributed by atoms with Crippen LogP contribution in [0.15, 0.2) is 65.6 Å². The number of nitrogens with one attached hydrogen (secondary N) is 1. The third kappa shape index (κ3) is 4.27. The fourth-order valence-electron chi connectivity index (χ4n) is 5.49. The Morgan fingerprint density at radius 3 is 2.67 bits per heavy atom. The summed E-state index contributed by atoms with van der Waals surface area (Å²) in [4.78, 5) is 35.9. The van der Waals surface area contributed by atoms with E-state index in [-0.39, 0.29) is 17.2 Å². The van der Waals surface area contributed by atoms with Gasteiger partial charge >= 0.3 is 0 Å². The Balaban J connectivity index is 0.992. The van der Waals surface area contributed by atoms with Crippen molar-refractivity contribution in [3.63, 3.8) is 0 Å². The van der Waals surface area contributed by atoms with E-state index in [4.69, 9.17) is 4.42 Å². The van der Waals surface area contributed by atoms with Crippen molar-refractivity contribution in [2.75, 3.05) is 19.6 Å². The Hall–Kier alpha value is -3.94. The van der Waals surface area contributed by atoms with E-state index in [1.165, 1.54) is 0 Å². The van der Waals surface area contributed by atoms with Crippen molar-refractivity contribution in [2.24, 2.45) is 11.3 Å². The van der Waals surface area contributed by atoms with Gasteiger partial charge in [0.1, 0.15) is 5.82 Å². The lowest BCUT2D eigenvalue weighted by molar-refractivity contribution is 0.0668. The quantitative estimate of drug-likeness (QED) is 0.447. The molecule has 2 amide bonds. The van der Waals surface area contributed by atoms with Gasteiger partial charge in [-0.15, -0.1) is 0 Å². The monoisotopic (exact) mass is 483 g/mol. The summed E-state index contributed by atoms with van der Waals surface area (Å²) in [6.45, 7) is 4.89. The van der Waals surface area contributed by atoms with Crippen molar-refractivity contribution < 1.29 is 14.0 Å². The number of hydrogen-bond donors (Lipinski definition) is 1. The molecule has 8 heteroatoms. The van der Waals surface area contributed by atoms with Crippen LogP contribution < -0.4 is 5.32 Å². The Bertz CT molecular complexity index is 1380. The maximum absolute atomic E-state index is 13.1. The van der Waals surface area contributed by atoms with Crippen LogP contribution in [0.4, 0.5) is 0 Å². The molecule has 6 rings (SSSR count). The third-order valence-corrected chi connectivity index (χ3v) is 7.94. The number of imidazole rings is 1. The highest BCUT2D eigenvalue weighted by molar-refractivity contribution is 5.96. The van der Waals surface area contributed by atoms with Gasteiger partial charge in [0.2, 0.25) is 0 Å². The summed E-state index contributed by atoms with van der Waals surface area (Å²) in [5.41, 5.74) is 2.74. The Morgan fingerprint density at radius 1 is 1.14 bits per heavy atom. The Kier molecular flexibility index (Phi) is 5.59. The summed E-state index contributed by atoms with van der Waals surface area (Å²) >= 11 is 0. The molecule has 3 aromatic heterocycles. The lowest BCUT2D eigenvalue weighted by atomic mass is 9.90. The number of carbonyl (C=O) groups is 2. The largest absolute Gasteiger partial charge is 0.449 e. The van der Waals surface area contributed by atoms with Crippen LogP contribution in [0.3, 0.4) is 0 Å². The normalized spacial score (nSPS) is 18.5. The van der Waals surface area contributed by atoms with Crippen molar-refractivity contribution in [3.05, 3.63) is 83.9 Å². The zero-order chi connectivity index (χ0) is 24.7.